The highest BCUT2D eigenvalue weighted by Gasteiger charge is 2.07. The van der Waals surface area contributed by atoms with Crippen LogP contribution in [0.2, 0.25) is 0 Å². The molecule has 0 bridgehead atoms. The zero-order valence-electron chi connectivity index (χ0n) is 14.1. The molecule has 5 nitrogen and oxygen atoms in total. The van der Waals surface area contributed by atoms with Crippen molar-refractivity contribution in [2.45, 2.75) is 33.4 Å². The fourth-order valence-electron chi connectivity index (χ4n) is 2.01. The maximum atomic E-state index is 5.84. The lowest BCUT2D eigenvalue weighted by molar-refractivity contribution is 0.224. The second-order valence-electron chi connectivity index (χ2n) is 5.30. The second kappa shape index (κ2) is 8.53. The highest BCUT2D eigenvalue weighted by atomic mass is 32.1. The molecule has 1 atom stereocenters. The van der Waals surface area contributed by atoms with Crippen molar-refractivity contribution < 1.29 is 4.74 Å². The van der Waals surface area contributed by atoms with Crippen molar-refractivity contribution in [3.63, 3.8) is 0 Å². The molecule has 1 aromatic heterocycles. The highest BCUT2D eigenvalue weighted by molar-refractivity contribution is 7.11. The van der Waals surface area contributed by atoms with Gasteiger partial charge in [-0.1, -0.05) is 18.2 Å². The summed E-state index contributed by atoms with van der Waals surface area (Å²) in [4.78, 5) is 10.0. The molecule has 0 aliphatic heterocycles. The summed E-state index contributed by atoms with van der Waals surface area (Å²) in [5.41, 5.74) is 1.10. The predicted octanol–water partition coefficient (Wildman–Crippen LogP) is 2.89. The van der Waals surface area contributed by atoms with Gasteiger partial charge >= 0.3 is 0 Å². The molecule has 0 amide bonds. The van der Waals surface area contributed by atoms with Crippen LogP contribution in [0.15, 0.2) is 35.3 Å². The number of guanidine groups is 1. The minimum atomic E-state index is 0.0419. The van der Waals surface area contributed by atoms with Crippen molar-refractivity contribution in [2.75, 3.05) is 13.6 Å². The Morgan fingerprint density at radius 3 is 2.61 bits per heavy atom. The van der Waals surface area contributed by atoms with Crippen LogP contribution in [0.25, 0.3) is 0 Å². The van der Waals surface area contributed by atoms with E-state index in [0.29, 0.717) is 13.1 Å². The van der Waals surface area contributed by atoms with Crippen LogP contribution in [0.4, 0.5) is 0 Å². The van der Waals surface area contributed by atoms with Crippen LogP contribution in [0.3, 0.4) is 0 Å². The van der Waals surface area contributed by atoms with Crippen LogP contribution in [0, 0.1) is 13.8 Å². The molecule has 0 fully saturated rings. The molecule has 0 spiro atoms. The zero-order chi connectivity index (χ0) is 16.7. The monoisotopic (exact) mass is 332 g/mol. The number of aromatic nitrogens is 1. The van der Waals surface area contributed by atoms with Gasteiger partial charge in [-0.15, -0.1) is 11.3 Å². The van der Waals surface area contributed by atoms with Crippen LogP contribution in [0.1, 0.15) is 22.5 Å². The van der Waals surface area contributed by atoms with E-state index in [1.807, 2.05) is 44.2 Å². The molecule has 124 valence electrons. The van der Waals surface area contributed by atoms with Gasteiger partial charge in [0.1, 0.15) is 16.9 Å². The Balaban J connectivity index is 1.76. The molecular weight excluding hydrogens is 308 g/mol. The third-order valence-electron chi connectivity index (χ3n) is 3.34. The van der Waals surface area contributed by atoms with Crippen molar-refractivity contribution in [3.8, 4) is 5.75 Å². The average Bonchev–Trinajstić information content (AvgIpc) is 2.87. The van der Waals surface area contributed by atoms with Crippen LogP contribution in [0.5, 0.6) is 5.75 Å². The number of aliphatic imine (C=N–C) groups is 1. The molecule has 0 saturated carbocycles. The molecule has 2 aromatic rings. The summed E-state index contributed by atoms with van der Waals surface area (Å²) in [6.07, 6.45) is 0.0419. The van der Waals surface area contributed by atoms with Gasteiger partial charge < -0.3 is 15.4 Å². The molecule has 0 saturated heterocycles. The minimum Gasteiger partial charge on any atom is -0.489 e. The van der Waals surface area contributed by atoms with Gasteiger partial charge in [-0.05, 0) is 32.9 Å². The summed E-state index contributed by atoms with van der Waals surface area (Å²) >= 11 is 1.71. The third kappa shape index (κ3) is 5.56. The summed E-state index contributed by atoms with van der Waals surface area (Å²) < 4.78 is 5.84. The Bertz CT molecular complexity index is 620. The third-order valence-corrected chi connectivity index (χ3v) is 4.41. The number of nitrogens with zero attached hydrogens (tertiary/aromatic N) is 2. The van der Waals surface area contributed by atoms with Gasteiger partial charge in [0.05, 0.1) is 18.8 Å². The first-order chi connectivity index (χ1) is 11.1. The summed E-state index contributed by atoms with van der Waals surface area (Å²) in [5, 5.41) is 7.61. The van der Waals surface area contributed by atoms with Crippen molar-refractivity contribution in [1.29, 1.82) is 0 Å². The standard InChI is InChI=1S/C17H24N4OS/c1-12(22-15-8-6-5-7-9-15)10-19-17(18-4)20-11-16-21-13(2)14(3)23-16/h5-9,12H,10-11H2,1-4H3,(H2,18,19,20). The number of benzene rings is 1. The van der Waals surface area contributed by atoms with Gasteiger partial charge in [-0.2, -0.15) is 0 Å². The van der Waals surface area contributed by atoms with E-state index in [1.54, 1.807) is 18.4 Å². The van der Waals surface area contributed by atoms with Crippen LogP contribution < -0.4 is 15.4 Å². The van der Waals surface area contributed by atoms with Crippen molar-refractivity contribution in [3.05, 3.63) is 45.9 Å². The van der Waals surface area contributed by atoms with Crippen molar-refractivity contribution >= 4 is 17.3 Å². The number of hydrogen-bond donors (Lipinski definition) is 2. The van der Waals surface area contributed by atoms with Crippen molar-refractivity contribution in [2.24, 2.45) is 4.99 Å². The van der Waals surface area contributed by atoms with E-state index in [2.05, 4.69) is 27.5 Å². The first-order valence-electron chi connectivity index (χ1n) is 7.67. The van der Waals surface area contributed by atoms with Crippen LogP contribution >= 0.6 is 11.3 Å². The topological polar surface area (TPSA) is 58.5 Å². The van der Waals surface area contributed by atoms with E-state index in [-0.39, 0.29) is 6.10 Å². The fraction of sp³-hybridized carbons (Fsp3) is 0.412. The average molecular weight is 332 g/mol. The largest absolute Gasteiger partial charge is 0.489 e. The van der Waals surface area contributed by atoms with E-state index in [0.717, 1.165) is 22.4 Å². The Kier molecular flexibility index (Phi) is 6.40. The Morgan fingerprint density at radius 2 is 2.00 bits per heavy atom. The summed E-state index contributed by atoms with van der Waals surface area (Å²) in [6.45, 7) is 7.50. The van der Waals surface area contributed by atoms with Gasteiger partial charge in [0.15, 0.2) is 5.96 Å². The molecular formula is C17H24N4OS. The van der Waals surface area contributed by atoms with E-state index in [1.165, 1.54) is 4.88 Å². The van der Waals surface area contributed by atoms with Gasteiger partial charge in [0.25, 0.3) is 0 Å². The summed E-state index contributed by atoms with van der Waals surface area (Å²) in [6, 6.07) is 9.82. The van der Waals surface area contributed by atoms with Crippen LogP contribution in [-0.2, 0) is 6.54 Å². The molecule has 6 heteroatoms. The highest BCUT2D eigenvalue weighted by Crippen LogP contribution is 2.15. The van der Waals surface area contributed by atoms with E-state index in [9.17, 15) is 0 Å². The number of thiazole rings is 1. The number of aryl methyl sites for hydroxylation is 2. The summed E-state index contributed by atoms with van der Waals surface area (Å²) in [7, 11) is 1.76. The second-order valence-corrected chi connectivity index (χ2v) is 6.59. The number of rotatable bonds is 6. The summed E-state index contributed by atoms with van der Waals surface area (Å²) in [5.74, 6) is 1.62. The Morgan fingerprint density at radius 1 is 1.26 bits per heavy atom. The van der Waals surface area contributed by atoms with Crippen LogP contribution in [-0.4, -0.2) is 30.6 Å². The lowest BCUT2D eigenvalue weighted by Gasteiger charge is -2.17. The van der Waals surface area contributed by atoms with E-state index < -0.39 is 0 Å². The molecule has 1 aromatic carbocycles. The van der Waals surface area contributed by atoms with Gasteiger partial charge in [0.2, 0.25) is 0 Å². The Hall–Kier alpha value is -2.08. The molecule has 0 aliphatic carbocycles. The lowest BCUT2D eigenvalue weighted by Crippen LogP contribution is -2.41. The fourth-order valence-corrected chi connectivity index (χ4v) is 2.88. The zero-order valence-corrected chi connectivity index (χ0v) is 14.9. The molecule has 2 N–H and O–H groups in total. The number of hydrogen-bond acceptors (Lipinski definition) is 4. The van der Waals surface area contributed by atoms with E-state index in [4.69, 9.17) is 4.74 Å². The normalized spacial score (nSPS) is 12.8. The first kappa shape index (κ1) is 17.3. The number of ether oxygens (including phenoxy) is 1. The van der Waals surface area contributed by atoms with Crippen molar-refractivity contribution in [1.82, 2.24) is 15.6 Å². The Labute approximate surface area is 141 Å². The van der Waals surface area contributed by atoms with Gasteiger partial charge in [-0.25, -0.2) is 4.98 Å². The van der Waals surface area contributed by atoms with E-state index >= 15 is 0 Å². The molecule has 23 heavy (non-hydrogen) atoms. The smallest absolute Gasteiger partial charge is 0.191 e. The lowest BCUT2D eigenvalue weighted by atomic mass is 10.3. The minimum absolute atomic E-state index is 0.0419. The maximum Gasteiger partial charge on any atom is 0.191 e. The number of nitrogens with one attached hydrogen (secondary N) is 2. The predicted molar refractivity (Wildman–Crippen MR) is 96.3 cm³/mol. The molecule has 2 rings (SSSR count). The quantitative estimate of drug-likeness (QED) is 0.631. The van der Waals surface area contributed by atoms with Gasteiger partial charge in [-0.3, -0.25) is 4.99 Å². The maximum absolute atomic E-state index is 5.84. The molecule has 1 unspecified atom stereocenters. The molecule has 0 aliphatic rings. The number of para-hydroxylation sites is 1. The molecule has 1 heterocycles. The van der Waals surface area contributed by atoms with Gasteiger partial charge in [0, 0.05) is 11.9 Å². The molecule has 0 radical (unpaired) electrons. The SMILES string of the molecule is CN=C(NCc1nc(C)c(C)s1)NCC(C)Oc1ccccc1. The first-order valence-corrected chi connectivity index (χ1v) is 8.49.